The number of ether oxygens (including phenoxy) is 2. The van der Waals surface area contributed by atoms with E-state index in [1.165, 1.54) is 18.0 Å². The highest BCUT2D eigenvalue weighted by molar-refractivity contribution is 7.99. The largest absolute Gasteiger partial charge is 0.497 e. The summed E-state index contributed by atoms with van der Waals surface area (Å²) < 4.78 is 12.1. The van der Waals surface area contributed by atoms with Crippen LogP contribution in [-0.2, 0) is 4.79 Å². The molecule has 0 aliphatic rings. The van der Waals surface area contributed by atoms with E-state index in [1.54, 1.807) is 49.1 Å². The van der Waals surface area contributed by atoms with Crippen molar-refractivity contribution in [2.45, 2.75) is 12.1 Å². The monoisotopic (exact) mass is 488 g/mol. The van der Waals surface area contributed by atoms with Gasteiger partial charge >= 0.3 is 0 Å². The number of methoxy groups -OCH3 is 2. The van der Waals surface area contributed by atoms with E-state index in [0.29, 0.717) is 33.1 Å². The first kappa shape index (κ1) is 24.0. The SMILES string of the molecule is COc1ccc(/C=N\NC(=O)CSc2nc3ccccc3c(=O)n2-c2ccccc2C)c(OC)c1. The van der Waals surface area contributed by atoms with Gasteiger partial charge in [0.2, 0.25) is 0 Å². The minimum atomic E-state index is -0.336. The standard InChI is InChI=1S/C26H24N4O4S/c1-17-8-4-7-11-22(17)30-25(32)20-9-5-6-10-21(20)28-26(30)35-16-24(31)29-27-15-18-12-13-19(33-2)14-23(18)34-3/h4-15H,16H2,1-3H3,(H,29,31)/b27-15-. The molecule has 8 nitrogen and oxygen atoms in total. The van der Waals surface area contributed by atoms with Gasteiger partial charge in [-0.25, -0.2) is 10.4 Å². The number of carbonyl (C=O) groups is 1. The molecule has 4 rings (SSSR count). The fourth-order valence-electron chi connectivity index (χ4n) is 3.50. The summed E-state index contributed by atoms with van der Waals surface area (Å²) >= 11 is 1.17. The number of nitrogens with zero attached hydrogens (tertiary/aromatic N) is 3. The molecule has 0 aliphatic carbocycles. The highest BCUT2D eigenvalue weighted by Crippen LogP contribution is 2.24. The van der Waals surface area contributed by atoms with Crippen LogP contribution in [0.2, 0.25) is 0 Å². The fourth-order valence-corrected chi connectivity index (χ4v) is 4.30. The molecule has 1 N–H and O–H groups in total. The number of rotatable bonds is 8. The second-order valence-electron chi connectivity index (χ2n) is 7.53. The molecule has 0 atom stereocenters. The molecule has 0 radical (unpaired) electrons. The number of amides is 1. The molecule has 4 aromatic rings. The summed E-state index contributed by atoms with van der Waals surface area (Å²) in [6.07, 6.45) is 1.50. The number of hydrazone groups is 1. The summed E-state index contributed by atoms with van der Waals surface area (Å²) in [4.78, 5) is 30.5. The molecule has 1 heterocycles. The van der Waals surface area contributed by atoms with E-state index < -0.39 is 0 Å². The third kappa shape index (κ3) is 5.36. The van der Waals surface area contributed by atoms with Crippen molar-refractivity contribution < 1.29 is 14.3 Å². The van der Waals surface area contributed by atoms with Gasteiger partial charge in [0, 0.05) is 11.6 Å². The Hall–Kier alpha value is -4.11. The maximum absolute atomic E-state index is 13.3. The fraction of sp³-hybridized carbons (Fsp3) is 0.154. The Bertz CT molecular complexity index is 1470. The molecular weight excluding hydrogens is 464 g/mol. The van der Waals surface area contributed by atoms with E-state index in [-0.39, 0.29) is 17.2 Å². The first-order valence-electron chi connectivity index (χ1n) is 10.8. The molecule has 0 saturated heterocycles. The summed E-state index contributed by atoms with van der Waals surface area (Å²) in [7, 11) is 3.12. The Labute approximate surface area is 206 Å². The lowest BCUT2D eigenvalue weighted by Gasteiger charge is -2.14. The van der Waals surface area contributed by atoms with E-state index in [0.717, 1.165) is 11.3 Å². The second kappa shape index (κ2) is 10.9. The zero-order valence-corrected chi connectivity index (χ0v) is 20.3. The normalized spacial score (nSPS) is 11.1. The highest BCUT2D eigenvalue weighted by atomic mass is 32.2. The maximum atomic E-state index is 13.3. The molecule has 9 heteroatoms. The summed E-state index contributed by atoms with van der Waals surface area (Å²) in [6, 6.07) is 20.0. The number of fused-ring (bicyclic) bond motifs is 1. The number of benzene rings is 3. The topological polar surface area (TPSA) is 94.8 Å². The molecule has 0 aliphatic heterocycles. The minimum Gasteiger partial charge on any atom is -0.497 e. The zero-order valence-electron chi connectivity index (χ0n) is 19.5. The van der Waals surface area contributed by atoms with Crippen molar-refractivity contribution in [1.29, 1.82) is 0 Å². The van der Waals surface area contributed by atoms with Gasteiger partial charge in [-0.15, -0.1) is 0 Å². The Balaban J connectivity index is 1.55. The number of hydrogen-bond donors (Lipinski definition) is 1. The van der Waals surface area contributed by atoms with Gasteiger partial charge < -0.3 is 9.47 Å². The van der Waals surface area contributed by atoms with Crippen LogP contribution in [0.25, 0.3) is 16.6 Å². The van der Waals surface area contributed by atoms with Crippen molar-refractivity contribution in [1.82, 2.24) is 15.0 Å². The van der Waals surface area contributed by atoms with Crippen molar-refractivity contribution >= 4 is 34.8 Å². The predicted molar refractivity (Wildman–Crippen MR) is 138 cm³/mol. The molecular formula is C26H24N4O4S. The maximum Gasteiger partial charge on any atom is 0.266 e. The third-order valence-corrected chi connectivity index (χ3v) is 6.21. The Morgan fingerprint density at radius 1 is 1.09 bits per heavy atom. The molecule has 3 aromatic carbocycles. The van der Waals surface area contributed by atoms with Crippen LogP contribution in [0.3, 0.4) is 0 Å². The molecule has 0 spiro atoms. The molecule has 1 amide bonds. The van der Waals surface area contributed by atoms with Crippen LogP contribution in [0.15, 0.2) is 81.8 Å². The van der Waals surface area contributed by atoms with Crippen molar-refractivity contribution in [2.75, 3.05) is 20.0 Å². The van der Waals surface area contributed by atoms with Crippen LogP contribution < -0.4 is 20.5 Å². The van der Waals surface area contributed by atoms with Gasteiger partial charge in [-0.2, -0.15) is 5.10 Å². The summed E-state index contributed by atoms with van der Waals surface area (Å²) in [5.74, 6) is 0.909. The molecule has 178 valence electrons. The number of nitrogens with one attached hydrogen (secondary N) is 1. The lowest BCUT2D eigenvalue weighted by atomic mass is 10.2. The van der Waals surface area contributed by atoms with Crippen molar-refractivity contribution in [3.8, 4) is 17.2 Å². The quantitative estimate of drug-likeness (QED) is 0.175. The zero-order chi connectivity index (χ0) is 24.8. The molecule has 0 saturated carbocycles. The Morgan fingerprint density at radius 3 is 2.63 bits per heavy atom. The van der Waals surface area contributed by atoms with Gasteiger partial charge in [0.1, 0.15) is 11.5 Å². The van der Waals surface area contributed by atoms with E-state index in [4.69, 9.17) is 9.47 Å². The molecule has 0 unspecified atom stereocenters. The van der Waals surface area contributed by atoms with E-state index in [1.807, 2.05) is 43.3 Å². The van der Waals surface area contributed by atoms with Crippen LogP contribution in [-0.4, -0.2) is 41.6 Å². The van der Waals surface area contributed by atoms with Crippen LogP contribution in [0.5, 0.6) is 11.5 Å². The minimum absolute atomic E-state index is 0.0216. The van der Waals surface area contributed by atoms with E-state index >= 15 is 0 Å². The van der Waals surface area contributed by atoms with Gasteiger partial charge in [0.15, 0.2) is 5.16 Å². The molecule has 1 aromatic heterocycles. The van der Waals surface area contributed by atoms with Crippen LogP contribution in [0, 0.1) is 6.92 Å². The second-order valence-corrected chi connectivity index (χ2v) is 8.47. The third-order valence-electron chi connectivity index (χ3n) is 5.27. The summed E-state index contributed by atoms with van der Waals surface area (Å²) in [5, 5.41) is 4.98. The average Bonchev–Trinajstić information content (AvgIpc) is 2.88. The lowest BCUT2D eigenvalue weighted by molar-refractivity contribution is -0.118. The van der Waals surface area contributed by atoms with Gasteiger partial charge in [0.05, 0.1) is 42.8 Å². The van der Waals surface area contributed by atoms with E-state index in [2.05, 4.69) is 15.5 Å². The van der Waals surface area contributed by atoms with Crippen LogP contribution in [0.4, 0.5) is 0 Å². The number of aryl methyl sites for hydroxylation is 1. The lowest BCUT2D eigenvalue weighted by Crippen LogP contribution is -2.24. The van der Waals surface area contributed by atoms with Crippen LogP contribution >= 0.6 is 11.8 Å². The van der Waals surface area contributed by atoms with Crippen molar-refractivity contribution in [3.63, 3.8) is 0 Å². The van der Waals surface area contributed by atoms with Crippen molar-refractivity contribution in [2.24, 2.45) is 5.10 Å². The molecule has 0 fully saturated rings. The van der Waals surface area contributed by atoms with Crippen molar-refractivity contribution in [3.05, 3.63) is 88.2 Å². The number of carbonyl (C=O) groups excluding carboxylic acids is 1. The van der Waals surface area contributed by atoms with Gasteiger partial charge in [0.25, 0.3) is 11.5 Å². The summed E-state index contributed by atoms with van der Waals surface area (Å²) in [6.45, 7) is 1.93. The number of para-hydroxylation sites is 2. The number of thioether (sulfide) groups is 1. The highest BCUT2D eigenvalue weighted by Gasteiger charge is 2.16. The first-order valence-corrected chi connectivity index (χ1v) is 11.7. The van der Waals surface area contributed by atoms with E-state index in [9.17, 15) is 9.59 Å². The van der Waals surface area contributed by atoms with Gasteiger partial charge in [-0.3, -0.25) is 14.2 Å². The predicted octanol–water partition coefficient (Wildman–Crippen LogP) is 3.95. The summed E-state index contributed by atoms with van der Waals surface area (Å²) in [5.41, 5.74) is 5.25. The Kier molecular flexibility index (Phi) is 7.47. The Morgan fingerprint density at radius 2 is 1.86 bits per heavy atom. The molecule has 35 heavy (non-hydrogen) atoms. The van der Waals surface area contributed by atoms with Gasteiger partial charge in [-0.1, -0.05) is 42.1 Å². The van der Waals surface area contributed by atoms with Crippen LogP contribution in [0.1, 0.15) is 11.1 Å². The number of hydrogen-bond acceptors (Lipinski definition) is 7. The van der Waals surface area contributed by atoms with Gasteiger partial charge in [-0.05, 0) is 42.8 Å². The smallest absolute Gasteiger partial charge is 0.266 e. The average molecular weight is 489 g/mol. The number of aromatic nitrogens is 2. The first-order chi connectivity index (χ1) is 17.0. The molecule has 0 bridgehead atoms.